The summed E-state index contributed by atoms with van der Waals surface area (Å²) in [6, 6.07) is 18.2. The van der Waals surface area contributed by atoms with Crippen LogP contribution in [0.4, 0.5) is 5.00 Å². The number of anilines is 1. The van der Waals surface area contributed by atoms with E-state index in [1.807, 2.05) is 40.9 Å². The van der Waals surface area contributed by atoms with Crippen LogP contribution in [0.2, 0.25) is 0 Å². The van der Waals surface area contributed by atoms with Gasteiger partial charge < -0.3 is 14.4 Å². The summed E-state index contributed by atoms with van der Waals surface area (Å²) < 4.78 is 12.7. The number of hydrogen-bond donors (Lipinski definition) is 0. The molecule has 8 heteroatoms. The molecular weight excluding hydrogens is 470 g/mol. The maximum atomic E-state index is 5.57. The van der Waals surface area contributed by atoms with Crippen molar-refractivity contribution >= 4 is 28.1 Å². The minimum Gasteiger partial charge on any atom is -0.497 e. The maximum absolute atomic E-state index is 5.57. The minimum absolute atomic E-state index is 0.220. The van der Waals surface area contributed by atoms with Gasteiger partial charge in [-0.15, -0.1) is 21.5 Å². The first-order valence-corrected chi connectivity index (χ1v) is 12.6. The van der Waals surface area contributed by atoms with Gasteiger partial charge in [-0.25, -0.2) is 0 Å². The molecule has 0 unspecified atom stereocenters. The van der Waals surface area contributed by atoms with Crippen molar-refractivity contribution in [3.8, 4) is 34.0 Å². The summed E-state index contributed by atoms with van der Waals surface area (Å²) in [5.41, 5.74) is 4.91. The lowest BCUT2D eigenvalue weighted by Gasteiger charge is -2.12. The van der Waals surface area contributed by atoms with E-state index in [2.05, 4.69) is 67.3 Å². The molecule has 0 atom stereocenters. The third-order valence-electron chi connectivity index (χ3n) is 6.09. The summed E-state index contributed by atoms with van der Waals surface area (Å²) in [5.74, 6) is 2.47. The molecule has 0 radical (unpaired) electrons. The first-order valence-electron chi connectivity index (χ1n) is 11.8. The lowest BCUT2D eigenvalue weighted by molar-refractivity contribution is 0.415. The Hall–Kier alpha value is -3.91. The number of aromatic nitrogens is 4. The Labute approximate surface area is 214 Å². The van der Waals surface area contributed by atoms with Crippen LogP contribution >= 0.6 is 11.3 Å². The fourth-order valence-corrected chi connectivity index (χ4v) is 5.35. The first kappa shape index (κ1) is 23.8. The molecule has 0 N–H and O–H groups in total. The Bertz CT molecular complexity index is 1570. The standard InChI is InChI=1S/C28H29N5O2S/c1-17(2)25-23(27-30-29-26(33(27)31-25)21-9-7-8-10-24(21)35-6)16-20-15-22(28(36-20)32(3)4)18-11-13-19(34-5)14-12-18/h7-17H,1-6H3/b23-16-. The van der Waals surface area contributed by atoms with Gasteiger partial charge in [0.1, 0.15) is 11.5 Å². The predicted octanol–water partition coefficient (Wildman–Crippen LogP) is 5.27. The molecule has 3 aromatic heterocycles. The van der Waals surface area contributed by atoms with Crippen molar-refractivity contribution < 1.29 is 9.47 Å². The fraction of sp³-hybridized carbons (Fsp3) is 0.250. The van der Waals surface area contributed by atoms with Crippen molar-refractivity contribution in [2.45, 2.75) is 19.8 Å². The molecule has 0 spiro atoms. The van der Waals surface area contributed by atoms with Gasteiger partial charge in [0, 0.05) is 29.8 Å². The van der Waals surface area contributed by atoms with Crippen LogP contribution in [0.25, 0.3) is 34.2 Å². The van der Waals surface area contributed by atoms with Gasteiger partial charge in [-0.2, -0.15) is 9.61 Å². The largest absolute Gasteiger partial charge is 0.497 e. The Morgan fingerprint density at radius 1 is 0.944 bits per heavy atom. The smallest absolute Gasteiger partial charge is 0.189 e. The van der Waals surface area contributed by atoms with Gasteiger partial charge in [0.15, 0.2) is 11.5 Å². The fourth-order valence-electron chi connectivity index (χ4n) is 4.30. The first-order chi connectivity index (χ1) is 17.4. The van der Waals surface area contributed by atoms with Crippen LogP contribution < -0.4 is 19.6 Å². The van der Waals surface area contributed by atoms with E-state index in [0.29, 0.717) is 5.82 Å². The number of nitrogens with zero attached hydrogens (tertiary/aromatic N) is 5. The maximum Gasteiger partial charge on any atom is 0.189 e. The number of fused-ring (bicyclic) bond motifs is 1. The number of rotatable bonds is 7. The van der Waals surface area contributed by atoms with Crippen LogP contribution in [0, 0.1) is 0 Å². The number of methoxy groups -OCH3 is 2. The van der Waals surface area contributed by atoms with E-state index in [4.69, 9.17) is 14.6 Å². The zero-order valence-corrected chi connectivity index (χ0v) is 22.1. The van der Waals surface area contributed by atoms with E-state index in [9.17, 15) is 0 Å². The SMILES string of the molecule is COc1ccc(-c2cc(/C=c3/c(C(C)C)nn4c(-c5ccccc5OC)nnc34)sc2N(C)C)cc1. The van der Waals surface area contributed by atoms with E-state index in [1.165, 1.54) is 10.6 Å². The number of para-hydroxylation sites is 1. The molecule has 0 bridgehead atoms. The lowest BCUT2D eigenvalue weighted by atomic mass is 10.1. The molecule has 7 nitrogen and oxygen atoms in total. The molecule has 0 saturated heterocycles. The average Bonchev–Trinajstić information content (AvgIpc) is 3.59. The molecule has 3 heterocycles. The van der Waals surface area contributed by atoms with Crippen LogP contribution in [0.5, 0.6) is 11.5 Å². The molecule has 0 fully saturated rings. The van der Waals surface area contributed by atoms with Crippen molar-refractivity contribution in [3.63, 3.8) is 0 Å². The summed E-state index contributed by atoms with van der Waals surface area (Å²) in [6.07, 6.45) is 2.18. The second-order valence-electron chi connectivity index (χ2n) is 9.05. The molecule has 0 aliphatic rings. The summed E-state index contributed by atoms with van der Waals surface area (Å²) >= 11 is 1.74. The van der Waals surface area contributed by atoms with Gasteiger partial charge in [0.25, 0.3) is 0 Å². The van der Waals surface area contributed by atoms with E-state index < -0.39 is 0 Å². The van der Waals surface area contributed by atoms with Gasteiger partial charge in [-0.3, -0.25) is 0 Å². The molecule has 5 rings (SSSR count). The second-order valence-corrected chi connectivity index (χ2v) is 10.1. The molecule has 0 aliphatic carbocycles. The molecule has 5 aromatic rings. The lowest BCUT2D eigenvalue weighted by Crippen LogP contribution is -2.09. The molecule has 184 valence electrons. The van der Waals surface area contributed by atoms with Crippen LogP contribution in [0.15, 0.2) is 54.6 Å². The third-order valence-corrected chi connectivity index (χ3v) is 7.34. The zero-order chi connectivity index (χ0) is 25.4. The topological polar surface area (TPSA) is 64.8 Å². The highest BCUT2D eigenvalue weighted by Crippen LogP contribution is 2.39. The monoisotopic (exact) mass is 499 g/mol. The van der Waals surface area contributed by atoms with Gasteiger partial charge in [-0.1, -0.05) is 38.1 Å². The highest BCUT2D eigenvalue weighted by atomic mass is 32.1. The highest BCUT2D eigenvalue weighted by molar-refractivity contribution is 7.17. The van der Waals surface area contributed by atoms with Crippen molar-refractivity contribution in [1.82, 2.24) is 19.8 Å². The number of thiophene rings is 1. The molecule has 0 amide bonds. The minimum atomic E-state index is 0.220. The van der Waals surface area contributed by atoms with Crippen molar-refractivity contribution in [2.75, 3.05) is 33.2 Å². The summed E-state index contributed by atoms with van der Waals surface area (Å²) in [7, 11) is 7.49. The molecule has 0 aliphatic heterocycles. The van der Waals surface area contributed by atoms with E-state index in [-0.39, 0.29) is 5.92 Å². The van der Waals surface area contributed by atoms with Crippen LogP contribution in [-0.4, -0.2) is 48.1 Å². The summed E-state index contributed by atoms with van der Waals surface area (Å²) in [6.45, 7) is 4.30. The zero-order valence-electron chi connectivity index (χ0n) is 21.3. The number of benzene rings is 2. The van der Waals surface area contributed by atoms with Crippen LogP contribution in [0.1, 0.15) is 30.3 Å². The van der Waals surface area contributed by atoms with E-state index in [1.54, 1.807) is 25.6 Å². The van der Waals surface area contributed by atoms with E-state index in [0.717, 1.165) is 44.1 Å². The van der Waals surface area contributed by atoms with Gasteiger partial charge in [-0.05, 0) is 47.9 Å². The molecule has 0 saturated carbocycles. The normalized spacial score (nSPS) is 12.0. The Balaban J connectivity index is 1.68. The quantitative estimate of drug-likeness (QED) is 0.304. The number of hydrogen-bond acceptors (Lipinski definition) is 7. The van der Waals surface area contributed by atoms with Crippen LogP contribution in [0.3, 0.4) is 0 Å². The van der Waals surface area contributed by atoms with Crippen molar-refractivity contribution in [1.29, 1.82) is 0 Å². The van der Waals surface area contributed by atoms with Crippen molar-refractivity contribution in [3.05, 3.63) is 70.4 Å². The van der Waals surface area contributed by atoms with E-state index >= 15 is 0 Å². The Morgan fingerprint density at radius 2 is 1.69 bits per heavy atom. The van der Waals surface area contributed by atoms with Crippen LogP contribution in [-0.2, 0) is 0 Å². The third kappa shape index (κ3) is 4.18. The summed E-state index contributed by atoms with van der Waals surface area (Å²) in [4.78, 5) is 3.28. The summed E-state index contributed by atoms with van der Waals surface area (Å²) in [5, 5.41) is 16.2. The highest BCUT2D eigenvalue weighted by Gasteiger charge is 2.20. The molecular formula is C28H29N5O2S. The second kappa shape index (κ2) is 9.62. The Kier molecular flexibility index (Phi) is 6.36. The Morgan fingerprint density at radius 3 is 2.36 bits per heavy atom. The average molecular weight is 500 g/mol. The number of ether oxygens (including phenoxy) is 2. The predicted molar refractivity (Wildman–Crippen MR) is 146 cm³/mol. The molecule has 36 heavy (non-hydrogen) atoms. The molecule has 2 aromatic carbocycles. The van der Waals surface area contributed by atoms with Gasteiger partial charge in [0.2, 0.25) is 0 Å². The van der Waals surface area contributed by atoms with Crippen molar-refractivity contribution in [2.24, 2.45) is 0 Å². The van der Waals surface area contributed by atoms with Gasteiger partial charge in [0.05, 0.1) is 30.5 Å². The van der Waals surface area contributed by atoms with Gasteiger partial charge >= 0.3 is 0 Å².